The summed E-state index contributed by atoms with van der Waals surface area (Å²) in [4.78, 5) is 35.3. The first-order valence-corrected chi connectivity index (χ1v) is 11.9. The number of carboxylic acids is 1. The van der Waals surface area contributed by atoms with Gasteiger partial charge < -0.3 is 19.4 Å². The summed E-state index contributed by atoms with van der Waals surface area (Å²) in [6.07, 6.45) is 2.57. The van der Waals surface area contributed by atoms with Crippen molar-refractivity contribution in [2.45, 2.75) is 25.9 Å². The zero-order valence-electron chi connectivity index (χ0n) is 20.3. The smallest absolute Gasteiger partial charge is 0.328 e. The summed E-state index contributed by atoms with van der Waals surface area (Å²) in [5.74, 6) is -2.78. The van der Waals surface area contributed by atoms with Gasteiger partial charge in [0, 0.05) is 31.1 Å². The summed E-state index contributed by atoms with van der Waals surface area (Å²) in [5, 5.41) is 18.3. The minimum atomic E-state index is -1.21. The van der Waals surface area contributed by atoms with E-state index in [0.717, 1.165) is 6.20 Å². The zero-order valence-corrected chi connectivity index (χ0v) is 20.3. The van der Waals surface area contributed by atoms with E-state index in [-0.39, 0.29) is 55.8 Å². The van der Waals surface area contributed by atoms with Crippen molar-refractivity contribution in [3.63, 3.8) is 0 Å². The average molecular weight is 524 g/mol. The Bertz CT molecular complexity index is 1470. The van der Waals surface area contributed by atoms with Gasteiger partial charge in [-0.2, -0.15) is 5.10 Å². The van der Waals surface area contributed by atoms with E-state index in [1.165, 1.54) is 26.8 Å². The lowest BCUT2D eigenvalue weighted by Gasteiger charge is -2.40. The molecule has 4 aromatic rings. The van der Waals surface area contributed by atoms with Crippen LogP contribution in [0.15, 0.2) is 53.4 Å². The molecule has 1 amide bonds. The van der Waals surface area contributed by atoms with Crippen LogP contribution in [0.5, 0.6) is 0 Å². The Morgan fingerprint density at radius 2 is 1.95 bits per heavy atom. The molecule has 11 nitrogen and oxygen atoms in total. The monoisotopic (exact) mass is 523 g/mol. The second kappa shape index (κ2) is 10.4. The molecule has 1 saturated heterocycles. The van der Waals surface area contributed by atoms with Crippen LogP contribution in [-0.2, 0) is 16.1 Å². The van der Waals surface area contributed by atoms with E-state index in [9.17, 15) is 23.5 Å². The first kappa shape index (κ1) is 25.0. The summed E-state index contributed by atoms with van der Waals surface area (Å²) in [6, 6.07) is 8.30. The summed E-state index contributed by atoms with van der Waals surface area (Å²) in [7, 11) is 0. The van der Waals surface area contributed by atoms with Crippen molar-refractivity contribution >= 4 is 17.7 Å². The third kappa shape index (κ3) is 4.82. The molecule has 38 heavy (non-hydrogen) atoms. The number of carbonyl (C=O) groups is 2. The van der Waals surface area contributed by atoms with Gasteiger partial charge in [0.1, 0.15) is 29.5 Å². The fourth-order valence-electron chi connectivity index (χ4n) is 4.37. The Hall–Kier alpha value is -4.68. The van der Waals surface area contributed by atoms with E-state index >= 15 is 0 Å². The minimum Gasteiger partial charge on any atom is -0.480 e. The van der Waals surface area contributed by atoms with E-state index in [1.54, 1.807) is 37.3 Å². The number of aromatic nitrogens is 5. The Morgan fingerprint density at radius 3 is 2.66 bits per heavy atom. The Labute approximate surface area is 215 Å². The molecule has 5 rings (SSSR count). The molecule has 1 fully saturated rings. The van der Waals surface area contributed by atoms with Gasteiger partial charge in [-0.05, 0) is 12.1 Å². The van der Waals surface area contributed by atoms with Crippen LogP contribution in [0, 0.1) is 11.6 Å². The Kier molecular flexibility index (Phi) is 6.81. The standard InChI is InChI=1S/C25H23F2N7O4/c1-2-22(35)32-8-9-33(21(14-32)25(36)37)24-17(27)12-28-23(29-24)19-11-20(18-7-10-38-31-18)34(30-19)13-15-5-3-4-6-16(15)26/h3-7,10-12,21H,2,8-9,13-14H2,1H3,(H,36,37). The van der Waals surface area contributed by atoms with Crippen molar-refractivity contribution in [1.82, 2.24) is 29.8 Å². The second-order valence-electron chi connectivity index (χ2n) is 8.65. The van der Waals surface area contributed by atoms with Crippen molar-refractivity contribution in [2.24, 2.45) is 0 Å². The van der Waals surface area contributed by atoms with Gasteiger partial charge in [-0.15, -0.1) is 0 Å². The summed E-state index contributed by atoms with van der Waals surface area (Å²) in [6.45, 7) is 1.95. The van der Waals surface area contributed by atoms with Crippen LogP contribution < -0.4 is 4.90 Å². The number of hydrogen-bond donors (Lipinski definition) is 1. The van der Waals surface area contributed by atoms with E-state index in [4.69, 9.17) is 4.52 Å². The van der Waals surface area contributed by atoms with Crippen LogP contribution in [0.25, 0.3) is 22.9 Å². The predicted molar refractivity (Wildman–Crippen MR) is 130 cm³/mol. The molecule has 0 spiro atoms. The van der Waals surface area contributed by atoms with Gasteiger partial charge in [0.2, 0.25) is 5.91 Å². The van der Waals surface area contributed by atoms with E-state index in [2.05, 4.69) is 20.2 Å². The number of carboxylic acid groups (broad SMARTS) is 1. The third-order valence-electron chi connectivity index (χ3n) is 6.31. The fourth-order valence-corrected chi connectivity index (χ4v) is 4.37. The topological polar surface area (TPSA) is 130 Å². The third-order valence-corrected chi connectivity index (χ3v) is 6.31. The highest BCUT2D eigenvalue weighted by molar-refractivity contribution is 5.82. The van der Waals surface area contributed by atoms with Crippen molar-refractivity contribution in [1.29, 1.82) is 0 Å². The lowest BCUT2D eigenvalue weighted by atomic mass is 10.1. The molecule has 0 aliphatic carbocycles. The van der Waals surface area contributed by atoms with Gasteiger partial charge >= 0.3 is 5.97 Å². The van der Waals surface area contributed by atoms with Crippen LogP contribution in [0.4, 0.5) is 14.6 Å². The molecule has 1 aromatic carbocycles. The maximum atomic E-state index is 14.9. The minimum absolute atomic E-state index is 0.0367. The lowest BCUT2D eigenvalue weighted by molar-refractivity contribution is -0.141. The summed E-state index contributed by atoms with van der Waals surface area (Å²) >= 11 is 0. The number of nitrogens with zero attached hydrogens (tertiary/aromatic N) is 7. The highest BCUT2D eigenvalue weighted by Crippen LogP contribution is 2.28. The molecule has 3 aromatic heterocycles. The number of hydrogen-bond acceptors (Lipinski definition) is 8. The SMILES string of the molecule is CCC(=O)N1CCN(c2nc(-c3cc(-c4ccon4)n(Cc4ccccc4F)n3)ncc2F)C(C(=O)O)C1. The van der Waals surface area contributed by atoms with Gasteiger partial charge in [-0.1, -0.05) is 30.3 Å². The molecule has 13 heteroatoms. The van der Waals surface area contributed by atoms with Crippen LogP contribution >= 0.6 is 0 Å². The summed E-state index contributed by atoms with van der Waals surface area (Å²) < 4.78 is 35.8. The molecule has 1 atom stereocenters. The second-order valence-corrected chi connectivity index (χ2v) is 8.65. The Balaban J connectivity index is 1.52. The number of benzene rings is 1. The Morgan fingerprint density at radius 1 is 1.13 bits per heavy atom. The number of anilines is 1. The molecule has 1 aliphatic rings. The molecule has 0 radical (unpaired) electrons. The molecular formula is C25H23F2N7O4. The molecule has 0 bridgehead atoms. The molecule has 196 valence electrons. The fraction of sp³-hybridized carbons (Fsp3) is 0.280. The molecule has 1 unspecified atom stereocenters. The summed E-state index contributed by atoms with van der Waals surface area (Å²) in [5.41, 5.74) is 1.55. The molecule has 1 N–H and O–H groups in total. The van der Waals surface area contributed by atoms with Gasteiger partial charge in [-0.3, -0.25) is 9.48 Å². The maximum Gasteiger partial charge on any atom is 0.328 e. The molecule has 0 saturated carbocycles. The van der Waals surface area contributed by atoms with Crippen molar-refractivity contribution in [3.05, 3.63) is 66.1 Å². The zero-order chi connectivity index (χ0) is 26.8. The predicted octanol–water partition coefficient (Wildman–Crippen LogP) is 2.83. The number of aliphatic carboxylic acids is 1. The van der Waals surface area contributed by atoms with Crippen LogP contribution in [0.2, 0.25) is 0 Å². The van der Waals surface area contributed by atoms with E-state index < -0.39 is 23.6 Å². The van der Waals surface area contributed by atoms with Gasteiger partial charge in [-0.25, -0.2) is 23.5 Å². The largest absolute Gasteiger partial charge is 0.480 e. The number of halogens is 2. The average Bonchev–Trinajstić information content (AvgIpc) is 3.60. The first-order valence-electron chi connectivity index (χ1n) is 11.9. The number of carbonyl (C=O) groups excluding carboxylic acids is 1. The van der Waals surface area contributed by atoms with Gasteiger partial charge in [0.15, 0.2) is 17.5 Å². The highest BCUT2D eigenvalue weighted by atomic mass is 19.1. The highest BCUT2D eigenvalue weighted by Gasteiger charge is 2.36. The van der Waals surface area contributed by atoms with Crippen LogP contribution in [0.3, 0.4) is 0 Å². The number of piperazine rings is 1. The number of amides is 1. The van der Waals surface area contributed by atoms with Gasteiger partial charge in [0.25, 0.3) is 0 Å². The lowest BCUT2D eigenvalue weighted by Crippen LogP contribution is -2.58. The van der Waals surface area contributed by atoms with E-state index in [1.807, 2.05) is 0 Å². The molecule has 1 aliphatic heterocycles. The van der Waals surface area contributed by atoms with Crippen molar-refractivity contribution < 1.29 is 28.0 Å². The van der Waals surface area contributed by atoms with Crippen molar-refractivity contribution in [2.75, 3.05) is 24.5 Å². The first-order chi connectivity index (χ1) is 18.4. The molecule has 4 heterocycles. The van der Waals surface area contributed by atoms with Gasteiger partial charge in [0.05, 0.1) is 25.0 Å². The maximum absolute atomic E-state index is 14.9. The number of rotatable bonds is 7. The molecular weight excluding hydrogens is 500 g/mol. The van der Waals surface area contributed by atoms with Crippen LogP contribution in [0.1, 0.15) is 18.9 Å². The van der Waals surface area contributed by atoms with E-state index in [0.29, 0.717) is 17.0 Å². The van der Waals surface area contributed by atoms with Crippen LogP contribution in [-0.4, -0.2) is 72.5 Å². The normalized spacial score (nSPS) is 15.6. The van der Waals surface area contributed by atoms with Crippen molar-refractivity contribution in [3.8, 4) is 22.9 Å². The quantitative estimate of drug-likeness (QED) is 0.389.